The predicted molar refractivity (Wildman–Crippen MR) is 353 cm³/mol. The fourth-order valence-corrected chi connectivity index (χ4v) is 16.2. The number of ether oxygens (including phenoxy) is 1. The minimum atomic E-state index is -3.62. The Kier molecular flexibility index (Phi) is 20.2. The van der Waals surface area contributed by atoms with Gasteiger partial charge >= 0.3 is 17.5 Å². The third kappa shape index (κ3) is 14.6. The highest BCUT2D eigenvalue weighted by molar-refractivity contribution is 7.86. The number of anilines is 1. The average molecular weight is 1300 g/mol. The molecule has 26 nitrogen and oxygen atoms in total. The zero-order valence-corrected chi connectivity index (χ0v) is 55.6. The van der Waals surface area contributed by atoms with Crippen LogP contribution in [0.4, 0.5) is 10.7 Å². The first-order valence-electron chi connectivity index (χ1n) is 33.3. The van der Waals surface area contributed by atoms with Gasteiger partial charge in [-0.05, 0) is 178 Å². The van der Waals surface area contributed by atoms with E-state index in [4.69, 9.17) is 9.72 Å². The Labute approximate surface area is 541 Å². The average Bonchev–Trinajstić information content (AvgIpc) is 1.66. The second kappa shape index (κ2) is 28.2. The number of hydrogen-bond acceptors (Lipinski definition) is 16. The molecule has 502 valence electrons. The molecule has 2 unspecified atom stereocenters. The number of amides is 5. The number of imidazole rings is 2. The summed E-state index contributed by atoms with van der Waals surface area (Å²) in [7, 11) is 3.31. The van der Waals surface area contributed by atoms with Gasteiger partial charge in [0, 0.05) is 96.9 Å². The third-order valence-electron chi connectivity index (χ3n) is 19.9. The molecule has 3 N–H and O–H groups in total. The van der Waals surface area contributed by atoms with E-state index in [1.54, 1.807) is 69.4 Å². The lowest BCUT2D eigenvalue weighted by molar-refractivity contribution is -0.137. The molecule has 0 spiro atoms. The Hall–Kier alpha value is -7.59. The van der Waals surface area contributed by atoms with Gasteiger partial charge in [0.2, 0.25) is 29.6 Å². The van der Waals surface area contributed by atoms with Crippen molar-refractivity contribution in [2.24, 2.45) is 14.1 Å². The normalized spacial score (nSPS) is 20.8. The van der Waals surface area contributed by atoms with Gasteiger partial charge in [0.15, 0.2) is 0 Å². The summed E-state index contributed by atoms with van der Waals surface area (Å²) >= 11 is 0. The zero-order valence-electron chi connectivity index (χ0n) is 54.8. The molecule has 12 rings (SSSR count). The summed E-state index contributed by atoms with van der Waals surface area (Å²) in [6, 6.07) is 14.0. The van der Waals surface area contributed by atoms with Crippen molar-refractivity contribution in [3.05, 3.63) is 97.2 Å². The first kappa shape index (κ1) is 66.9. The van der Waals surface area contributed by atoms with Crippen LogP contribution >= 0.6 is 0 Å². The number of para-hydroxylation sites is 2. The lowest BCUT2D eigenvalue weighted by atomic mass is 9.88. The molecule has 4 aromatic heterocycles. The van der Waals surface area contributed by atoms with Gasteiger partial charge in [-0.25, -0.2) is 19.4 Å². The molecule has 0 radical (unpaired) electrons. The summed E-state index contributed by atoms with van der Waals surface area (Å²) in [4.78, 5) is 116. The van der Waals surface area contributed by atoms with Gasteiger partial charge in [-0.15, -0.1) is 0 Å². The number of pyridine rings is 1. The monoisotopic (exact) mass is 1300 g/mol. The van der Waals surface area contributed by atoms with E-state index in [9.17, 15) is 46.8 Å². The van der Waals surface area contributed by atoms with E-state index in [0.717, 1.165) is 130 Å². The maximum atomic E-state index is 13.6. The maximum absolute atomic E-state index is 13.6. The molecule has 93 heavy (non-hydrogen) atoms. The largest absolute Gasteiger partial charge is 0.444 e. The number of likely N-dealkylation sites (tertiary alicyclic amines) is 2. The van der Waals surface area contributed by atoms with Crippen molar-refractivity contribution in [2.45, 2.75) is 165 Å². The van der Waals surface area contributed by atoms with Crippen LogP contribution in [-0.4, -0.2) is 185 Å². The number of nitrogens with one attached hydrogen (secondary N) is 3. The number of rotatable bonds is 17. The number of piperidine rings is 5. The van der Waals surface area contributed by atoms with Crippen LogP contribution in [-0.2, 0) is 48.2 Å². The quantitative estimate of drug-likeness (QED) is 0.0935. The number of benzene rings is 2. The number of aromatic nitrogens is 7. The molecule has 6 aliphatic rings. The highest BCUT2D eigenvalue weighted by Crippen LogP contribution is 2.37. The number of carbonyl (C=O) groups excluding carboxylic acids is 5. The molecule has 27 heteroatoms. The van der Waals surface area contributed by atoms with Gasteiger partial charge in [0.05, 0.1) is 22.1 Å². The minimum absolute atomic E-state index is 0.0182. The number of fused-ring (bicyclic) bond motifs is 3. The SMILES string of the molecule is CN(CCCN1CCC(c2cccc3c2n(C)c(=O)n3C2CCC(=O)NC2=O)CC1)C(=O)OC(C)(C)C.CN(CCCN1CCC(c2cccc3c2n(C)c(=O)n3C2CCC(=O)NC2=O)CC1)S(=O)(=O)N1CCC(Nc2ncc3ccc(=O)n(C4CCCC4)c3n2)CC1. The molecular formula is C66H91N15O11S. The van der Waals surface area contributed by atoms with E-state index in [-0.39, 0.29) is 65.7 Å². The van der Waals surface area contributed by atoms with Crippen LogP contribution in [0.15, 0.2) is 69.1 Å². The molecule has 2 atom stereocenters. The van der Waals surface area contributed by atoms with E-state index in [1.807, 2.05) is 49.6 Å². The molecule has 1 aliphatic carbocycles. The fourth-order valence-electron chi connectivity index (χ4n) is 14.8. The van der Waals surface area contributed by atoms with E-state index >= 15 is 0 Å². The Morgan fingerprint density at radius 2 is 1.15 bits per heavy atom. The topological polar surface area (TPSA) is 283 Å². The molecule has 0 bridgehead atoms. The first-order chi connectivity index (χ1) is 44.4. The van der Waals surface area contributed by atoms with Crippen molar-refractivity contribution in [3.63, 3.8) is 0 Å². The Morgan fingerprint density at radius 1 is 0.645 bits per heavy atom. The second-order valence-corrected chi connectivity index (χ2v) is 29.3. The van der Waals surface area contributed by atoms with Crippen LogP contribution in [0.5, 0.6) is 0 Å². The molecular weight excluding hydrogens is 1210 g/mol. The summed E-state index contributed by atoms with van der Waals surface area (Å²) in [5.41, 5.74) is 5.00. The van der Waals surface area contributed by atoms with Gasteiger partial charge < -0.3 is 24.8 Å². The number of aryl methyl sites for hydroxylation is 2. The van der Waals surface area contributed by atoms with Crippen LogP contribution in [0.1, 0.15) is 165 Å². The van der Waals surface area contributed by atoms with Crippen molar-refractivity contribution >= 4 is 79.0 Å². The molecule has 5 saturated heterocycles. The molecule has 5 amide bonds. The smallest absolute Gasteiger partial charge is 0.410 e. The Balaban J connectivity index is 0.000000207. The molecule has 2 aromatic carbocycles. The van der Waals surface area contributed by atoms with E-state index in [2.05, 4.69) is 42.9 Å². The van der Waals surface area contributed by atoms with Gasteiger partial charge in [-0.1, -0.05) is 37.1 Å². The highest BCUT2D eigenvalue weighted by atomic mass is 32.2. The third-order valence-corrected chi connectivity index (χ3v) is 21.8. The van der Waals surface area contributed by atoms with Crippen LogP contribution < -0.4 is 32.9 Å². The van der Waals surface area contributed by atoms with E-state index < -0.39 is 39.7 Å². The predicted octanol–water partition coefficient (Wildman–Crippen LogP) is 5.61. The Bertz CT molecular complexity index is 4080. The molecule has 1 saturated carbocycles. The Morgan fingerprint density at radius 3 is 1.65 bits per heavy atom. The summed E-state index contributed by atoms with van der Waals surface area (Å²) in [5.74, 6) is -0.443. The van der Waals surface area contributed by atoms with Crippen molar-refractivity contribution in [3.8, 4) is 0 Å². The molecule has 5 aliphatic heterocycles. The van der Waals surface area contributed by atoms with Gasteiger partial charge in [-0.2, -0.15) is 22.0 Å². The van der Waals surface area contributed by atoms with Gasteiger partial charge in [0.25, 0.3) is 15.8 Å². The summed E-state index contributed by atoms with van der Waals surface area (Å²) in [5, 5.41) is 8.99. The van der Waals surface area contributed by atoms with Gasteiger partial charge in [-0.3, -0.25) is 57.4 Å². The number of imide groups is 2. The van der Waals surface area contributed by atoms with Crippen LogP contribution in [0.2, 0.25) is 0 Å². The van der Waals surface area contributed by atoms with Crippen LogP contribution in [0.3, 0.4) is 0 Å². The lowest BCUT2D eigenvalue weighted by Gasteiger charge is -2.35. The van der Waals surface area contributed by atoms with Crippen molar-refractivity contribution in [1.29, 1.82) is 0 Å². The van der Waals surface area contributed by atoms with Gasteiger partial charge in [0.1, 0.15) is 23.3 Å². The summed E-state index contributed by atoms with van der Waals surface area (Å²) in [6.45, 7) is 12.8. The lowest BCUT2D eigenvalue weighted by Crippen LogP contribution is -2.48. The fraction of sp³-hybridized carbons (Fsp3) is 0.606. The molecule has 9 heterocycles. The molecule has 6 aromatic rings. The number of nitrogens with zero attached hydrogens (tertiary/aromatic N) is 12. The number of carbonyl (C=O) groups is 5. The van der Waals surface area contributed by atoms with Crippen LogP contribution in [0.25, 0.3) is 33.1 Å². The van der Waals surface area contributed by atoms with Crippen LogP contribution in [0, 0.1) is 0 Å². The molecule has 6 fully saturated rings. The maximum Gasteiger partial charge on any atom is 0.410 e. The van der Waals surface area contributed by atoms with E-state index in [1.165, 1.54) is 8.87 Å². The minimum Gasteiger partial charge on any atom is -0.444 e. The van der Waals surface area contributed by atoms with Crippen molar-refractivity contribution in [1.82, 2.24) is 66.7 Å². The summed E-state index contributed by atoms with van der Waals surface area (Å²) < 4.78 is 43.8. The number of hydrogen-bond donors (Lipinski definition) is 3. The van der Waals surface area contributed by atoms with E-state index in [0.29, 0.717) is 81.3 Å². The summed E-state index contributed by atoms with van der Waals surface area (Å²) in [6.07, 6.45) is 13.3. The zero-order chi connectivity index (χ0) is 66.0. The second-order valence-electron chi connectivity index (χ2n) is 27.2. The van der Waals surface area contributed by atoms with Crippen molar-refractivity contribution < 1.29 is 37.1 Å². The highest BCUT2D eigenvalue weighted by Gasteiger charge is 2.37. The first-order valence-corrected chi connectivity index (χ1v) is 34.7. The van der Waals surface area contributed by atoms with Crippen molar-refractivity contribution in [2.75, 3.05) is 84.9 Å². The standard InChI is InChI=1S/C39H52N10O6S.C27H39N5O5/c1-44(56(54,55)47-23-17-28(18-24-47)41-38-40-25-27-11-14-34(51)48(36(27)43-38)29-7-3-4-8-29)19-6-20-46-21-15-26(16-22-46)30-9-5-10-31-35(30)45(2)39(53)49(31)32-12-13-33(50)42-37(32)52;1-27(2,3)37-26(36)29(4)14-7-15-31-16-12-18(13-17-31)19-8-6-9-20-23(19)30(5)25(35)32(20)21-10-11-22(33)28-24(21)34/h5,9-11,14,25-26,28-29,32H,3-4,6-8,12-13,15-24H2,1-2H3,(H,40,41,43)(H,42,50,52);6,8-9,18,21H,7,10-17H2,1-5H3,(H,28,33,34).